The Balaban J connectivity index is 1.31. The topological polar surface area (TPSA) is 69.0 Å². The van der Waals surface area contributed by atoms with Crippen LogP contribution in [0.3, 0.4) is 0 Å². The highest BCUT2D eigenvalue weighted by molar-refractivity contribution is 5.94. The van der Waals surface area contributed by atoms with Crippen molar-refractivity contribution >= 4 is 5.91 Å². The van der Waals surface area contributed by atoms with Gasteiger partial charge >= 0.3 is 0 Å². The van der Waals surface area contributed by atoms with Gasteiger partial charge in [-0.05, 0) is 55.0 Å². The lowest BCUT2D eigenvalue weighted by Gasteiger charge is -2.13. The monoisotopic (exact) mass is 376 g/mol. The van der Waals surface area contributed by atoms with E-state index in [1.807, 2.05) is 47.2 Å². The van der Waals surface area contributed by atoms with Crippen LogP contribution >= 0.6 is 0 Å². The molecule has 2 heterocycles. The van der Waals surface area contributed by atoms with Gasteiger partial charge in [-0.2, -0.15) is 0 Å². The summed E-state index contributed by atoms with van der Waals surface area (Å²) in [6.45, 7) is 1.18. The molecule has 1 aliphatic rings. The lowest BCUT2D eigenvalue weighted by Crippen LogP contribution is -2.23. The van der Waals surface area contributed by atoms with Crippen molar-refractivity contribution in [2.75, 3.05) is 0 Å². The van der Waals surface area contributed by atoms with E-state index < -0.39 is 0 Å². The van der Waals surface area contributed by atoms with E-state index >= 15 is 0 Å². The largest absolute Gasteiger partial charge is 0.474 e. The van der Waals surface area contributed by atoms with Crippen LogP contribution in [-0.4, -0.2) is 26.5 Å². The van der Waals surface area contributed by atoms with Crippen molar-refractivity contribution in [3.63, 3.8) is 0 Å². The molecule has 1 fully saturated rings. The maximum Gasteiger partial charge on any atom is 0.251 e. The molecule has 2 aromatic heterocycles. The Morgan fingerprint density at radius 3 is 2.68 bits per heavy atom. The molecule has 0 bridgehead atoms. The first-order valence-electron chi connectivity index (χ1n) is 9.71. The van der Waals surface area contributed by atoms with Crippen LogP contribution in [0, 0.1) is 0 Å². The molecule has 0 aliphatic heterocycles. The van der Waals surface area contributed by atoms with E-state index in [2.05, 4.69) is 15.3 Å². The third kappa shape index (κ3) is 4.76. The second-order valence-electron chi connectivity index (χ2n) is 7.14. The summed E-state index contributed by atoms with van der Waals surface area (Å²) in [5, 5.41) is 2.96. The van der Waals surface area contributed by atoms with E-state index in [1.54, 1.807) is 18.7 Å². The summed E-state index contributed by atoms with van der Waals surface area (Å²) >= 11 is 0. The summed E-state index contributed by atoms with van der Waals surface area (Å²) in [4.78, 5) is 20.8. The number of carbonyl (C=O) groups is 1. The van der Waals surface area contributed by atoms with E-state index in [4.69, 9.17) is 4.74 Å². The van der Waals surface area contributed by atoms with Crippen molar-refractivity contribution < 1.29 is 9.53 Å². The van der Waals surface area contributed by atoms with Gasteiger partial charge in [0.25, 0.3) is 5.91 Å². The number of hydrogen-bond donors (Lipinski definition) is 1. The summed E-state index contributed by atoms with van der Waals surface area (Å²) < 4.78 is 7.92. The fourth-order valence-electron chi connectivity index (χ4n) is 3.44. The first-order chi connectivity index (χ1) is 13.8. The third-order valence-corrected chi connectivity index (χ3v) is 4.98. The summed E-state index contributed by atoms with van der Waals surface area (Å²) in [7, 11) is 0. The maximum absolute atomic E-state index is 12.4. The molecule has 4 rings (SSSR count). The van der Waals surface area contributed by atoms with Gasteiger partial charge in [-0.1, -0.05) is 12.1 Å². The van der Waals surface area contributed by atoms with Crippen LogP contribution in [0.2, 0.25) is 0 Å². The number of aromatic nitrogens is 3. The van der Waals surface area contributed by atoms with Crippen LogP contribution in [0.5, 0.6) is 5.88 Å². The molecule has 1 aromatic carbocycles. The highest BCUT2D eigenvalue weighted by atomic mass is 16.5. The molecule has 6 heteroatoms. The van der Waals surface area contributed by atoms with Gasteiger partial charge in [-0.3, -0.25) is 4.79 Å². The van der Waals surface area contributed by atoms with Crippen LogP contribution in [0.1, 0.15) is 47.2 Å². The van der Waals surface area contributed by atoms with E-state index in [0.717, 1.165) is 30.5 Å². The maximum atomic E-state index is 12.4. The smallest absolute Gasteiger partial charge is 0.251 e. The highest BCUT2D eigenvalue weighted by Gasteiger charge is 2.17. The molecule has 6 nitrogen and oxygen atoms in total. The molecule has 1 aliphatic carbocycles. The number of amides is 1. The number of ether oxygens (including phenoxy) is 1. The molecule has 0 radical (unpaired) electrons. The van der Waals surface area contributed by atoms with Gasteiger partial charge in [0, 0.05) is 43.3 Å². The molecule has 1 N–H and O–H groups in total. The van der Waals surface area contributed by atoms with Gasteiger partial charge in [-0.15, -0.1) is 0 Å². The summed E-state index contributed by atoms with van der Waals surface area (Å²) in [5.74, 6) is 0.548. The Kier molecular flexibility index (Phi) is 5.66. The highest BCUT2D eigenvalue weighted by Crippen LogP contribution is 2.23. The van der Waals surface area contributed by atoms with Crippen molar-refractivity contribution in [1.82, 2.24) is 19.9 Å². The minimum atomic E-state index is -0.0933. The van der Waals surface area contributed by atoms with E-state index in [0.29, 0.717) is 18.0 Å². The van der Waals surface area contributed by atoms with Gasteiger partial charge in [0.15, 0.2) is 0 Å². The molecule has 0 unspecified atom stereocenters. The van der Waals surface area contributed by atoms with Crippen LogP contribution in [0.4, 0.5) is 0 Å². The first-order valence-corrected chi connectivity index (χ1v) is 9.71. The van der Waals surface area contributed by atoms with E-state index in [1.165, 1.54) is 12.8 Å². The van der Waals surface area contributed by atoms with Crippen molar-refractivity contribution in [2.24, 2.45) is 0 Å². The molecule has 0 atom stereocenters. The van der Waals surface area contributed by atoms with Crippen LogP contribution in [0.25, 0.3) is 0 Å². The molecule has 144 valence electrons. The summed E-state index contributed by atoms with van der Waals surface area (Å²) in [5.41, 5.74) is 2.75. The van der Waals surface area contributed by atoms with Gasteiger partial charge in [-0.25, -0.2) is 9.97 Å². The molecule has 0 spiro atoms. The zero-order valence-corrected chi connectivity index (χ0v) is 15.8. The molecule has 3 aromatic rings. The third-order valence-electron chi connectivity index (χ3n) is 4.98. The van der Waals surface area contributed by atoms with Gasteiger partial charge in [0.05, 0.1) is 6.33 Å². The summed E-state index contributed by atoms with van der Waals surface area (Å²) in [6, 6.07) is 11.4. The molecule has 0 saturated heterocycles. The predicted molar refractivity (Wildman–Crippen MR) is 106 cm³/mol. The summed E-state index contributed by atoms with van der Waals surface area (Å²) in [6.07, 6.45) is 12.1. The fourth-order valence-corrected chi connectivity index (χ4v) is 3.44. The van der Waals surface area contributed by atoms with Crippen molar-refractivity contribution in [3.8, 4) is 5.88 Å². The predicted octanol–water partition coefficient (Wildman–Crippen LogP) is 3.58. The van der Waals surface area contributed by atoms with Crippen LogP contribution in [-0.2, 0) is 13.1 Å². The second-order valence-corrected chi connectivity index (χ2v) is 7.14. The zero-order chi connectivity index (χ0) is 19.2. The van der Waals surface area contributed by atoms with Gasteiger partial charge in [0.1, 0.15) is 6.10 Å². The molecule has 1 amide bonds. The Bertz CT molecular complexity index is 901. The minimum Gasteiger partial charge on any atom is -0.474 e. The number of imidazole rings is 1. The molecular formula is C22H24N4O2. The Hall–Kier alpha value is -3.15. The molecular weight excluding hydrogens is 352 g/mol. The quantitative estimate of drug-likeness (QED) is 0.684. The lowest BCUT2D eigenvalue weighted by molar-refractivity contribution is 0.0950. The average molecular weight is 376 g/mol. The fraction of sp³-hybridized carbons (Fsp3) is 0.318. The Morgan fingerprint density at radius 2 is 1.93 bits per heavy atom. The normalized spacial score (nSPS) is 14.1. The minimum absolute atomic E-state index is 0.0933. The Morgan fingerprint density at radius 1 is 1.11 bits per heavy atom. The number of nitrogens with zero attached hydrogens (tertiary/aromatic N) is 3. The van der Waals surface area contributed by atoms with Gasteiger partial charge < -0.3 is 14.6 Å². The number of benzene rings is 1. The standard InChI is InChI=1S/C22H24N4O2/c27-22(19-7-5-17(6-8-19)15-26-12-11-23-16-26)25-14-18-9-10-24-21(13-18)28-20-3-1-2-4-20/h5-13,16,20H,1-4,14-15H2,(H,25,27). The Labute approximate surface area is 164 Å². The van der Waals surface area contributed by atoms with E-state index in [-0.39, 0.29) is 12.0 Å². The number of pyridine rings is 1. The number of nitrogens with one attached hydrogen (secondary N) is 1. The molecule has 1 saturated carbocycles. The van der Waals surface area contributed by atoms with Crippen molar-refractivity contribution in [3.05, 3.63) is 78.0 Å². The van der Waals surface area contributed by atoms with Crippen molar-refractivity contribution in [1.29, 1.82) is 0 Å². The van der Waals surface area contributed by atoms with E-state index in [9.17, 15) is 4.79 Å². The van der Waals surface area contributed by atoms with Gasteiger partial charge in [0.2, 0.25) is 5.88 Å². The zero-order valence-electron chi connectivity index (χ0n) is 15.8. The number of carbonyl (C=O) groups excluding carboxylic acids is 1. The average Bonchev–Trinajstić information content (AvgIpc) is 3.41. The number of rotatable bonds is 7. The van der Waals surface area contributed by atoms with Crippen LogP contribution < -0.4 is 10.1 Å². The van der Waals surface area contributed by atoms with Crippen molar-refractivity contribution in [2.45, 2.75) is 44.9 Å². The lowest BCUT2D eigenvalue weighted by atomic mass is 10.1. The van der Waals surface area contributed by atoms with Crippen LogP contribution in [0.15, 0.2) is 61.3 Å². The molecule has 28 heavy (non-hydrogen) atoms. The SMILES string of the molecule is O=C(NCc1ccnc(OC2CCCC2)c1)c1ccc(Cn2ccnc2)cc1. The second kappa shape index (κ2) is 8.69. The number of hydrogen-bond acceptors (Lipinski definition) is 4. The first kappa shape index (κ1) is 18.2.